The highest BCUT2D eigenvalue weighted by atomic mass is 16.5. The van der Waals surface area contributed by atoms with Gasteiger partial charge in [-0.3, -0.25) is 0 Å². The summed E-state index contributed by atoms with van der Waals surface area (Å²) in [6, 6.07) is 18.3. The zero-order valence-electron chi connectivity index (χ0n) is 17.5. The molecule has 4 N–H and O–H groups in total. The molecule has 2 aromatic carbocycles. The van der Waals surface area contributed by atoms with Crippen LogP contribution in [0, 0.1) is 22.7 Å². The quantitative estimate of drug-likeness (QED) is 0.567. The predicted octanol–water partition coefficient (Wildman–Crippen LogP) is 3.83. The minimum atomic E-state index is 0.0117. The average molecular weight is 425 g/mol. The topological polar surface area (TPSA) is 128 Å². The number of piperidine rings is 1. The van der Waals surface area contributed by atoms with Gasteiger partial charge in [0.1, 0.15) is 30.0 Å². The van der Waals surface area contributed by atoms with E-state index in [-0.39, 0.29) is 24.1 Å². The number of nitrogens with zero attached hydrogens (tertiary/aromatic N) is 3. The summed E-state index contributed by atoms with van der Waals surface area (Å²) < 4.78 is 6.01. The molecule has 0 aliphatic carbocycles. The maximum atomic E-state index is 10.7. The molecule has 1 aliphatic rings. The minimum absolute atomic E-state index is 0.0117. The van der Waals surface area contributed by atoms with E-state index in [2.05, 4.69) is 22.4 Å². The maximum Gasteiger partial charge on any atom is 0.142 e. The van der Waals surface area contributed by atoms with Gasteiger partial charge in [0.15, 0.2) is 0 Å². The molecule has 0 bridgehead atoms. The maximum absolute atomic E-state index is 10.7. The summed E-state index contributed by atoms with van der Waals surface area (Å²) in [5.74, 6) is 0.738. The lowest BCUT2D eigenvalue weighted by molar-refractivity contribution is 0.306. The van der Waals surface area contributed by atoms with Crippen LogP contribution in [-0.4, -0.2) is 23.2 Å². The lowest BCUT2D eigenvalue weighted by Crippen LogP contribution is -2.29. The van der Waals surface area contributed by atoms with Crippen LogP contribution in [0.2, 0.25) is 0 Å². The first kappa shape index (κ1) is 21.2. The van der Waals surface area contributed by atoms with Gasteiger partial charge in [-0.15, -0.1) is 0 Å². The van der Waals surface area contributed by atoms with E-state index >= 15 is 0 Å². The van der Waals surface area contributed by atoms with E-state index in [1.165, 1.54) is 0 Å². The summed E-state index contributed by atoms with van der Waals surface area (Å²) in [6.07, 6.45) is 1.96. The number of phenolic OH excluding ortho intramolecular Hbond substituents is 1. The van der Waals surface area contributed by atoms with Gasteiger partial charge in [0.25, 0.3) is 0 Å². The van der Waals surface area contributed by atoms with E-state index in [1.807, 2.05) is 12.1 Å². The summed E-state index contributed by atoms with van der Waals surface area (Å²) in [5.41, 5.74) is 9.65. The third-order valence-electron chi connectivity index (χ3n) is 5.64. The SMILES string of the molecule is N#Cc1cccc(COc2cccc(O)c2-c2cc(C3CCCNC3)c(C#N)c(N)n2)c1. The number of nitrogen functional groups attached to an aromatic ring is 1. The summed E-state index contributed by atoms with van der Waals surface area (Å²) in [5, 5.41) is 32.8. The van der Waals surface area contributed by atoms with E-state index in [4.69, 9.17) is 15.7 Å². The van der Waals surface area contributed by atoms with Crippen molar-refractivity contribution >= 4 is 5.82 Å². The Hall–Kier alpha value is -4.07. The summed E-state index contributed by atoms with van der Waals surface area (Å²) in [4.78, 5) is 4.43. The molecule has 3 aromatic rings. The molecule has 0 saturated carbocycles. The van der Waals surface area contributed by atoms with Crippen molar-refractivity contribution in [2.75, 3.05) is 18.8 Å². The number of anilines is 1. The fourth-order valence-corrected chi connectivity index (χ4v) is 4.06. The molecule has 7 heteroatoms. The molecule has 1 aliphatic heterocycles. The molecule has 1 fully saturated rings. The molecule has 0 spiro atoms. The number of ether oxygens (including phenoxy) is 1. The lowest BCUT2D eigenvalue weighted by Gasteiger charge is -2.25. The van der Waals surface area contributed by atoms with Crippen LogP contribution in [0.15, 0.2) is 48.5 Å². The number of phenols is 1. The molecule has 7 nitrogen and oxygen atoms in total. The zero-order valence-corrected chi connectivity index (χ0v) is 17.5. The van der Waals surface area contributed by atoms with Crippen LogP contribution in [0.3, 0.4) is 0 Å². The molecule has 0 amide bonds. The van der Waals surface area contributed by atoms with Gasteiger partial charge in [-0.05, 0) is 66.8 Å². The van der Waals surface area contributed by atoms with Crippen LogP contribution in [0.4, 0.5) is 5.82 Å². The predicted molar refractivity (Wildman–Crippen MR) is 121 cm³/mol. The third kappa shape index (κ3) is 4.34. The fourth-order valence-electron chi connectivity index (χ4n) is 4.06. The van der Waals surface area contributed by atoms with Gasteiger partial charge in [-0.2, -0.15) is 10.5 Å². The first-order chi connectivity index (χ1) is 15.6. The average Bonchev–Trinajstić information content (AvgIpc) is 2.83. The second-order valence-electron chi connectivity index (χ2n) is 7.76. The Balaban J connectivity index is 1.72. The van der Waals surface area contributed by atoms with Crippen molar-refractivity contribution in [1.82, 2.24) is 10.3 Å². The first-order valence-electron chi connectivity index (χ1n) is 10.5. The molecule has 1 atom stereocenters. The summed E-state index contributed by atoms with van der Waals surface area (Å²) in [6.45, 7) is 1.93. The van der Waals surface area contributed by atoms with Gasteiger partial charge in [0.05, 0.1) is 28.5 Å². The van der Waals surface area contributed by atoms with Crippen LogP contribution < -0.4 is 15.8 Å². The normalized spacial score (nSPS) is 15.5. The number of nitrogens with one attached hydrogen (secondary N) is 1. The zero-order chi connectivity index (χ0) is 22.5. The molecule has 1 aromatic heterocycles. The molecular formula is C25H23N5O2. The van der Waals surface area contributed by atoms with Crippen molar-refractivity contribution in [2.45, 2.75) is 25.4 Å². The second-order valence-corrected chi connectivity index (χ2v) is 7.76. The van der Waals surface area contributed by atoms with Gasteiger partial charge in [-0.25, -0.2) is 4.98 Å². The first-order valence-corrected chi connectivity index (χ1v) is 10.5. The Labute approximate surface area is 186 Å². The number of aromatic hydroxyl groups is 1. The minimum Gasteiger partial charge on any atom is -0.507 e. The fraction of sp³-hybridized carbons (Fsp3) is 0.240. The van der Waals surface area contributed by atoms with Gasteiger partial charge in [0.2, 0.25) is 0 Å². The van der Waals surface area contributed by atoms with E-state index in [1.54, 1.807) is 36.4 Å². The van der Waals surface area contributed by atoms with Crippen molar-refractivity contribution in [3.8, 4) is 34.9 Å². The molecule has 0 radical (unpaired) electrons. The Kier molecular flexibility index (Phi) is 6.21. The van der Waals surface area contributed by atoms with Crippen LogP contribution in [0.25, 0.3) is 11.3 Å². The number of nitriles is 2. The molecule has 4 rings (SSSR count). The molecule has 2 heterocycles. The van der Waals surface area contributed by atoms with Crippen molar-refractivity contribution in [3.63, 3.8) is 0 Å². The van der Waals surface area contributed by atoms with E-state index in [9.17, 15) is 10.4 Å². The number of hydrogen-bond acceptors (Lipinski definition) is 7. The molecule has 1 unspecified atom stereocenters. The van der Waals surface area contributed by atoms with Crippen LogP contribution in [0.5, 0.6) is 11.5 Å². The molecular weight excluding hydrogens is 402 g/mol. The largest absolute Gasteiger partial charge is 0.507 e. The van der Waals surface area contributed by atoms with Crippen molar-refractivity contribution < 1.29 is 9.84 Å². The van der Waals surface area contributed by atoms with Gasteiger partial charge in [0, 0.05) is 6.54 Å². The van der Waals surface area contributed by atoms with Crippen LogP contribution >= 0.6 is 0 Å². The highest BCUT2D eigenvalue weighted by Gasteiger charge is 2.23. The Morgan fingerprint density at radius 1 is 1.16 bits per heavy atom. The number of rotatable bonds is 5. The molecule has 32 heavy (non-hydrogen) atoms. The number of aromatic nitrogens is 1. The molecule has 160 valence electrons. The Morgan fingerprint density at radius 2 is 2.00 bits per heavy atom. The van der Waals surface area contributed by atoms with E-state index < -0.39 is 0 Å². The van der Waals surface area contributed by atoms with Gasteiger partial charge < -0.3 is 20.9 Å². The number of benzene rings is 2. The van der Waals surface area contributed by atoms with E-state index in [0.717, 1.165) is 37.1 Å². The van der Waals surface area contributed by atoms with Gasteiger partial charge >= 0.3 is 0 Å². The number of pyridine rings is 1. The highest BCUT2D eigenvalue weighted by molar-refractivity contribution is 5.76. The number of hydrogen-bond donors (Lipinski definition) is 3. The summed E-state index contributed by atoms with van der Waals surface area (Å²) in [7, 11) is 0. The standard InChI is InChI=1S/C25H23N5O2/c26-12-16-4-1-5-17(10-16)15-32-23-8-2-7-22(31)24(23)21-11-19(18-6-3-9-29-14-18)20(13-27)25(28)30-21/h1-2,4-5,7-8,10-11,18,29,31H,3,6,9,14-15H2,(H2,28,30). The van der Waals surface area contributed by atoms with Crippen molar-refractivity contribution in [1.29, 1.82) is 10.5 Å². The van der Waals surface area contributed by atoms with Crippen LogP contribution in [-0.2, 0) is 6.61 Å². The second kappa shape index (κ2) is 9.38. The third-order valence-corrected chi connectivity index (χ3v) is 5.64. The highest BCUT2D eigenvalue weighted by Crippen LogP contribution is 2.40. The Bertz CT molecular complexity index is 1220. The Morgan fingerprint density at radius 3 is 2.75 bits per heavy atom. The lowest BCUT2D eigenvalue weighted by atomic mass is 9.88. The van der Waals surface area contributed by atoms with Crippen LogP contribution in [0.1, 0.15) is 41.0 Å². The smallest absolute Gasteiger partial charge is 0.142 e. The summed E-state index contributed by atoms with van der Waals surface area (Å²) >= 11 is 0. The van der Waals surface area contributed by atoms with Crippen molar-refractivity contribution in [3.05, 3.63) is 70.8 Å². The van der Waals surface area contributed by atoms with Crippen molar-refractivity contribution in [2.24, 2.45) is 0 Å². The van der Waals surface area contributed by atoms with E-state index in [0.29, 0.717) is 28.1 Å². The number of nitrogens with two attached hydrogens (primary N) is 1. The van der Waals surface area contributed by atoms with Gasteiger partial charge in [-0.1, -0.05) is 18.2 Å². The monoisotopic (exact) mass is 425 g/mol. The molecule has 1 saturated heterocycles.